The highest BCUT2D eigenvalue weighted by Crippen LogP contribution is 2.39. The van der Waals surface area contributed by atoms with Gasteiger partial charge in [-0.1, -0.05) is 44.0 Å². The van der Waals surface area contributed by atoms with Gasteiger partial charge >= 0.3 is 0 Å². The number of carbonyl (C=O) groups is 3. The quantitative estimate of drug-likeness (QED) is 0.206. The third kappa shape index (κ3) is 8.87. The average molecular weight is 754 g/mol. The Labute approximate surface area is 311 Å². The predicted molar refractivity (Wildman–Crippen MR) is 200 cm³/mol. The van der Waals surface area contributed by atoms with Crippen molar-refractivity contribution in [3.8, 4) is 5.75 Å². The smallest absolute Gasteiger partial charge is 0.293 e. The molecule has 0 radical (unpaired) electrons. The molecule has 52 heavy (non-hydrogen) atoms. The summed E-state index contributed by atoms with van der Waals surface area (Å²) in [5, 5.41) is 4.92. The highest BCUT2D eigenvalue weighted by molar-refractivity contribution is 7.92. The summed E-state index contributed by atoms with van der Waals surface area (Å²) in [7, 11) is -2.26. The molecular weight excluding hydrogens is 706 g/mol. The Morgan fingerprint density at radius 1 is 1.21 bits per heavy atom. The molecule has 2 bridgehead atoms. The number of hydrogen-bond donors (Lipinski definition) is 1. The molecule has 0 saturated carbocycles. The number of ether oxygens (including phenoxy) is 3. The van der Waals surface area contributed by atoms with Crippen LogP contribution in [-0.4, -0.2) is 70.3 Å². The van der Waals surface area contributed by atoms with E-state index < -0.39 is 33.4 Å². The summed E-state index contributed by atoms with van der Waals surface area (Å²) in [5.41, 5.74) is 2.03. The lowest BCUT2D eigenvalue weighted by atomic mass is 9.91. The Morgan fingerprint density at radius 3 is 2.69 bits per heavy atom. The molecule has 1 N–H and O–H groups in total. The largest absolute Gasteiger partial charge is 0.491 e. The van der Waals surface area contributed by atoms with Crippen LogP contribution >= 0.6 is 11.6 Å². The Bertz CT molecular complexity index is 1950. The predicted octanol–water partition coefficient (Wildman–Crippen LogP) is 6.34. The molecule has 4 atom stereocenters. The van der Waals surface area contributed by atoms with Crippen molar-refractivity contribution in [2.75, 3.05) is 31.2 Å². The second-order valence-corrected chi connectivity index (χ2v) is 16.1. The van der Waals surface area contributed by atoms with Crippen LogP contribution in [0.5, 0.6) is 5.75 Å². The number of rotatable bonds is 8. The van der Waals surface area contributed by atoms with Gasteiger partial charge in [0.25, 0.3) is 18.3 Å². The molecule has 2 aromatic carbocycles. The molecule has 14 heteroatoms. The van der Waals surface area contributed by atoms with Crippen molar-refractivity contribution in [3.05, 3.63) is 82.2 Å². The van der Waals surface area contributed by atoms with Crippen molar-refractivity contribution in [1.82, 2.24) is 14.5 Å². The van der Waals surface area contributed by atoms with E-state index in [4.69, 9.17) is 25.8 Å². The lowest BCUT2D eigenvalue weighted by Gasteiger charge is -2.31. The first-order valence-corrected chi connectivity index (χ1v) is 19.5. The van der Waals surface area contributed by atoms with E-state index in [1.54, 1.807) is 44.3 Å². The number of aryl methyl sites for hydroxylation is 3. The van der Waals surface area contributed by atoms with Gasteiger partial charge in [-0.2, -0.15) is 5.10 Å². The first-order valence-electron chi connectivity index (χ1n) is 17.6. The molecule has 5 rings (SSSR count). The van der Waals surface area contributed by atoms with Crippen LogP contribution in [0.2, 0.25) is 5.02 Å². The first kappa shape index (κ1) is 39.0. The molecule has 0 saturated heterocycles. The summed E-state index contributed by atoms with van der Waals surface area (Å²) < 4.78 is 41.2. The van der Waals surface area contributed by atoms with Crippen LogP contribution in [0.15, 0.2) is 64.0 Å². The van der Waals surface area contributed by atoms with E-state index in [0.717, 1.165) is 30.4 Å². The summed E-state index contributed by atoms with van der Waals surface area (Å²) in [4.78, 5) is 41.3. The van der Waals surface area contributed by atoms with Gasteiger partial charge in [0, 0.05) is 43.2 Å². The second kappa shape index (κ2) is 16.6. The van der Waals surface area contributed by atoms with E-state index in [-0.39, 0.29) is 28.9 Å². The molecule has 0 spiro atoms. The van der Waals surface area contributed by atoms with Crippen molar-refractivity contribution < 1.29 is 32.8 Å². The van der Waals surface area contributed by atoms with Gasteiger partial charge in [-0.15, -0.1) is 4.36 Å². The number of aromatic nitrogens is 2. The summed E-state index contributed by atoms with van der Waals surface area (Å²) in [5.74, 6) is -1.07. The van der Waals surface area contributed by atoms with Gasteiger partial charge < -0.3 is 19.1 Å². The standard InChI is InChI=1S/C38H48ClN5O7S/c1-7-10-27-19-29(39)12-14-31(27)28-21-44-17-16-26(8-2)34(50-24-45)11-9-18-51-38(4,5)37(47)42-52(48,30-13-15-35(49-23-28)33(44)20-30)41-36(46)32-22-43(6)40-25(32)3/h9,11-15,19-20,22,24,26,28,34H,7-8,10,16-18,21,23H2,1-6H3,(H,41,42,46,47,48)/b11-9+. The zero-order valence-corrected chi connectivity index (χ0v) is 32.2. The van der Waals surface area contributed by atoms with Crippen LogP contribution in [0.4, 0.5) is 5.69 Å². The van der Waals surface area contributed by atoms with Gasteiger partial charge in [0.05, 0.1) is 35.1 Å². The monoisotopic (exact) mass is 753 g/mol. The van der Waals surface area contributed by atoms with Gasteiger partial charge in [0.1, 0.15) is 17.5 Å². The zero-order chi connectivity index (χ0) is 37.6. The highest BCUT2D eigenvalue weighted by atomic mass is 35.5. The van der Waals surface area contributed by atoms with Gasteiger partial charge in [-0.3, -0.25) is 23.8 Å². The van der Waals surface area contributed by atoms with Crippen molar-refractivity contribution in [3.63, 3.8) is 0 Å². The third-order valence-electron chi connectivity index (χ3n) is 9.59. The number of fused-ring (bicyclic) bond motifs is 1. The van der Waals surface area contributed by atoms with Crippen molar-refractivity contribution >= 4 is 45.5 Å². The molecule has 280 valence electrons. The Kier molecular flexibility index (Phi) is 12.5. The minimum atomic E-state index is -3.94. The van der Waals surface area contributed by atoms with E-state index in [1.165, 1.54) is 24.7 Å². The van der Waals surface area contributed by atoms with Crippen LogP contribution in [0, 0.1) is 12.8 Å². The Morgan fingerprint density at radius 2 is 2.00 bits per heavy atom. The molecule has 0 aliphatic carbocycles. The average Bonchev–Trinajstić information content (AvgIpc) is 3.34. The number of benzene rings is 2. The van der Waals surface area contributed by atoms with E-state index in [0.29, 0.717) is 54.7 Å². The van der Waals surface area contributed by atoms with E-state index in [9.17, 15) is 14.4 Å². The fraction of sp³-hybridized carbons (Fsp3) is 0.474. The van der Waals surface area contributed by atoms with Gasteiger partial charge in [-0.25, -0.2) is 4.21 Å². The van der Waals surface area contributed by atoms with Crippen molar-refractivity contribution in [2.45, 2.75) is 82.8 Å². The molecule has 4 unspecified atom stereocenters. The van der Waals surface area contributed by atoms with Crippen molar-refractivity contribution in [2.24, 2.45) is 17.3 Å². The first-order chi connectivity index (χ1) is 24.8. The fourth-order valence-electron chi connectivity index (χ4n) is 6.68. The number of halogens is 1. The summed E-state index contributed by atoms with van der Waals surface area (Å²) in [6.07, 6.45) is 7.63. The maximum absolute atomic E-state index is 15.0. The maximum atomic E-state index is 15.0. The molecule has 3 aromatic rings. The van der Waals surface area contributed by atoms with E-state index in [2.05, 4.69) is 32.1 Å². The topological polar surface area (TPSA) is 141 Å². The lowest BCUT2D eigenvalue weighted by Crippen LogP contribution is -2.38. The fourth-order valence-corrected chi connectivity index (χ4v) is 8.48. The third-order valence-corrected chi connectivity index (χ3v) is 11.6. The molecule has 1 aromatic heterocycles. The second-order valence-electron chi connectivity index (χ2n) is 13.7. The molecule has 2 amide bonds. The minimum Gasteiger partial charge on any atom is -0.491 e. The van der Waals surface area contributed by atoms with Gasteiger partial charge in [0.15, 0.2) is 9.92 Å². The molecule has 2 aliphatic heterocycles. The number of hydrogen-bond acceptors (Lipinski definition) is 9. The van der Waals surface area contributed by atoms with Gasteiger partial charge in [0.2, 0.25) is 0 Å². The summed E-state index contributed by atoms with van der Waals surface area (Å²) >= 11 is 6.43. The number of nitrogens with one attached hydrogen (secondary N) is 1. The molecule has 12 nitrogen and oxygen atoms in total. The SMILES string of the molecule is CCCc1cc(Cl)ccc1C1COc2ccc3cc2N(CCC(CC)C(OC=O)/C=C/COC(C)(C)C(=O)N=S3(=O)NC(=O)c2cn(C)nc2C)C1. The summed E-state index contributed by atoms with van der Waals surface area (Å²) in [6.45, 7) is 10.8. The van der Waals surface area contributed by atoms with Crippen LogP contribution < -0.4 is 14.4 Å². The zero-order valence-electron chi connectivity index (χ0n) is 30.6. The normalized spacial score (nSPS) is 24.2. The lowest BCUT2D eigenvalue weighted by molar-refractivity contribution is -0.137. The van der Waals surface area contributed by atoms with Crippen LogP contribution in [0.25, 0.3) is 0 Å². The molecular formula is C38H48ClN5O7S. The van der Waals surface area contributed by atoms with Crippen LogP contribution in [0.3, 0.4) is 0 Å². The van der Waals surface area contributed by atoms with Crippen molar-refractivity contribution in [1.29, 1.82) is 0 Å². The van der Waals surface area contributed by atoms with Crippen LogP contribution in [0.1, 0.15) is 80.1 Å². The number of amides is 2. The highest BCUT2D eigenvalue weighted by Gasteiger charge is 2.34. The molecule has 2 aliphatic rings. The number of anilines is 1. The molecule has 0 fully saturated rings. The number of carbonyl (C=O) groups excluding carboxylic acids is 3. The van der Waals surface area contributed by atoms with Crippen LogP contribution in [-0.2, 0) is 42.4 Å². The number of nitrogens with zero attached hydrogens (tertiary/aromatic N) is 4. The van der Waals surface area contributed by atoms with Gasteiger partial charge in [-0.05, 0) is 87.6 Å². The molecule has 3 heterocycles. The summed E-state index contributed by atoms with van der Waals surface area (Å²) in [6, 6.07) is 10.9. The Hall–Kier alpha value is -4.20. The Balaban J connectivity index is 1.67. The van der Waals surface area contributed by atoms with E-state index in [1.807, 2.05) is 19.1 Å². The minimum absolute atomic E-state index is 0.00296. The van der Waals surface area contributed by atoms with E-state index >= 15 is 4.21 Å². The maximum Gasteiger partial charge on any atom is 0.293 e.